The second-order valence-electron chi connectivity index (χ2n) is 9.02. The third-order valence-electron chi connectivity index (χ3n) is 5.97. The monoisotopic (exact) mass is 464 g/mol. The molecule has 0 unspecified atom stereocenters. The first-order chi connectivity index (χ1) is 16.0. The normalized spacial score (nSPS) is 13.7. The van der Waals surface area contributed by atoms with Gasteiger partial charge >= 0.3 is 0 Å². The average Bonchev–Trinajstić information content (AvgIpc) is 3.06. The number of halogens is 2. The van der Waals surface area contributed by atoms with Gasteiger partial charge in [-0.2, -0.15) is 0 Å². The summed E-state index contributed by atoms with van der Waals surface area (Å²) in [6.07, 6.45) is 3.16. The van der Waals surface area contributed by atoms with Gasteiger partial charge in [0.25, 0.3) is 5.91 Å². The lowest BCUT2D eigenvalue weighted by molar-refractivity contribution is 0.0761. The minimum atomic E-state index is -1.20. The number of hydrogen-bond acceptors (Lipinski definition) is 5. The van der Waals surface area contributed by atoms with E-state index in [0.717, 1.165) is 5.56 Å². The molecular weight excluding hydrogens is 438 g/mol. The molecule has 3 aromatic rings. The van der Waals surface area contributed by atoms with Gasteiger partial charge < -0.3 is 15.7 Å². The molecule has 0 saturated carbocycles. The molecule has 3 N–H and O–H groups in total. The zero-order valence-electron chi connectivity index (χ0n) is 19.5. The number of anilines is 1. The Bertz CT molecular complexity index is 1310. The summed E-state index contributed by atoms with van der Waals surface area (Å²) in [4.78, 5) is 22.4. The topological polar surface area (TPSA) is 91.8 Å². The second kappa shape index (κ2) is 8.61. The number of aryl methyl sites for hydroxylation is 1. The van der Waals surface area contributed by atoms with Crippen LogP contribution in [0.5, 0.6) is 0 Å². The number of nitrogen functional groups attached to an aromatic ring is 1. The van der Waals surface area contributed by atoms with E-state index < -0.39 is 17.2 Å². The van der Waals surface area contributed by atoms with Crippen LogP contribution in [0.2, 0.25) is 0 Å². The Kier molecular flexibility index (Phi) is 5.95. The molecule has 0 saturated heterocycles. The van der Waals surface area contributed by atoms with E-state index in [9.17, 15) is 9.90 Å². The lowest BCUT2D eigenvalue weighted by atomic mass is 9.89. The third-order valence-corrected chi connectivity index (χ3v) is 5.97. The number of pyridine rings is 1. The number of carbonyl (C=O) groups is 1. The summed E-state index contributed by atoms with van der Waals surface area (Å²) in [5.41, 5.74) is 8.76. The van der Waals surface area contributed by atoms with Gasteiger partial charge in [-0.1, -0.05) is 12.1 Å². The van der Waals surface area contributed by atoms with Crippen LogP contribution in [0.4, 0.5) is 14.5 Å². The molecule has 0 atom stereocenters. The number of rotatable bonds is 5. The molecule has 0 aliphatic carbocycles. The maximum Gasteiger partial charge on any atom is 0.256 e. The summed E-state index contributed by atoms with van der Waals surface area (Å²) in [5, 5.41) is 10.4. The Labute approximate surface area is 196 Å². The largest absolute Gasteiger partial charge is 0.398 e. The van der Waals surface area contributed by atoms with Crippen molar-refractivity contribution in [2.45, 2.75) is 39.5 Å². The number of benzene rings is 2. The standard InChI is InChI=1S/C26H26F2N4O2/c1-14-7-17-23(31-10-14)13-32(25(17)33)12-19-21(27)8-15(9-22(19)28)16-5-6-20(26(2,3)34)24(29)18(16)11-30-4/h5-11,34H,12-13,29H2,1-4H3. The number of carbonyl (C=O) groups excluding carboxylic acids is 1. The molecule has 1 aliphatic rings. The lowest BCUT2D eigenvalue weighted by Crippen LogP contribution is -2.24. The van der Waals surface area contributed by atoms with E-state index in [1.807, 2.05) is 6.92 Å². The number of aliphatic hydroxyl groups is 1. The van der Waals surface area contributed by atoms with E-state index in [4.69, 9.17) is 5.73 Å². The first-order valence-electron chi connectivity index (χ1n) is 10.8. The minimum Gasteiger partial charge on any atom is -0.398 e. The molecule has 8 heteroatoms. The molecule has 34 heavy (non-hydrogen) atoms. The van der Waals surface area contributed by atoms with Crippen molar-refractivity contribution in [1.82, 2.24) is 9.88 Å². The van der Waals surface area contributed by atoms with Crippen molar-refractivity contribution in [3.8, 4) is 11.1 Å². The first-order valence-corrected chi connectivity index (χ1v) is 10.8. The highest BCUT2D eigenvalue weighted by Gasteiger charge is 2.30. The fraction of sp³-hybridized carbons (Fsp3) is 0.269. The van der Waals surface area contributed by atoms with Crippen LogP contribution in [0.25, 0.3) is 11.1 Å². The van der Waals surface area contributed by atoms with Crippen LogP contribution in [0.15, 0.2) is 41.5 Å². The Morgan fingerprint density at radius 1 is 1.21 bits per heavy atom. The van der Waals surface area contributed by atoms with Crippen LogP contribution >= 0.6 is 0 Å². The van der Waals surface area contributed by atoms with Crippen molar-refractivity contribution >= 4 is 17.8 Å². The van der Waals surface area contributed by atoms with E-state index in [1.165, 1.54) is 23.2 Å². The number of nitrogens with zero attached hydrogens (tertiary/aromatic N) is 3. The number of fused-ring (bicyclic) bond motifs is 1. The van der Waals surface area contributed by atoms with Gasteiger partial charge in [0.1, 0.15) is 11.6 Å². The van der Waals surface area contributed by atoms with Gasteiger partial charge in [-0.15, -0.1) is 0 Å². The third kappa shape index (κ3) is 4.17. The van der Waals surface area contributed by atoms with Crippen molar-refractivity contribution < 1.29 is 18.7 Å². The highest BCUT2D eigenvalue weighted by molar-refractivity contribution is 5.98. The summed E-state index contributed by atoms with van der Waals surface area (Å²) < 4.78 is 30.3. The van der Waals surface area contributed by atoms with Crippen LogP contribution in [-0.4, -0.2) is 34.2 Å². The molecular formula is C26H26F2N4O2. The fourth-order valence-electron chi connectivity index (χ4n) is 4.25. The van der Waals surface area contributed by atoms with Gasteiger partial charge in [0.05, 0.1) is 29.9 Å². The molecule has 1 aliphatic heterocycles. The van der Waals surface area contributed by atoms with Crippen molar-refractivity contribution in [2.75, 3.05) is 12.8 Å². The Morgan fingerprint density at radius 2 is 1.88 bits per heavy atom. The predicted octanol–water partition coefficient (Wildman–Crippen LogP) is 4.35. The zero-order chi connectivity index (χ0) is 24.8. The van der Waals surface area contributed by atoms with Crippen molar-refractivity contribution in [3.05, 3.63) is 81.7 Å². The second-order valence-corrected chi connectivity index (χ2v) is 9.02. The van der Waals surface area contributed by atoms with Crippen LogP contribution in [0.3, 0.4) is 0 Å². The van der Waals surface area contributed by atoms with Gasteiger partial charge in [0.2, 0.25) is 0 Å². The Hall–Kier alpha value is -3.65. The van der Waals surface area contributed by atoms with E-state index in [0.29, 0.717) is 27.9 Å². The van der Waals surface area contributed by atoms with Crippen LogP contribution < -0.4 is 5.73 Å². The molecule has 0 bridgehead atoms. The van der Waals surface area contributed by atoms with Gasteiger partial charge in [0.15, 0.2) is 0 Å². The van der Waals surface area contributed by atoms with Crippen LogP contribution in [-0.2, 0) is 18.7 Å². The minimum absolute atomic E-state index is 0.196. The molecule has 2 heterocycles. The molecule has 6 nitrogen and oxygen atoms in total. The molecule has 0 fully saturated rings. The van der Waals surface area contributed by atoms with Crippen molar-refractivity contribution in [2.24, 2.45) is 4.99 Å². The van der Waals surface area contributed by atoms with Gasteiger partial charge in [-0.25, -0.2) is 8.78 Å². The van der Waals surface area contributed by atoms with E-state index in [2.05, 4.69) is 9.98 Å². The van der Waals surface area contributed by atoms with Gasteiger partial charge in [-0.05, 0) is 55.7 Å². The summed E-state index contributed by atoms with van der Waals surface area (Å²) in [6, 6.07) is 7.47. The van der Waals surface area contributed by atoms with E-state index >= 15 is 8.78 Å². The summed E-state index contributed by atoms with van der Waals surface area (Å²) >= 11 is 0. The lowest BCUT2D eigenvalue weighted by Gasteiger charge is -2.23. The molecule has 0 spiro atoms. The van der Waals surface area contributed by atoms with Gasteiger partial charge in [-0.3, -0.25) is 14.8 Å². The summed E-state index contributed by atoms with van der Waals surface area (Å²) in [7, 11) is 1.56. The Balaban J connectivity index is 1.71. The van der Waals surface area contributed by atoms with Crippen molar-refractivity contribution in [3.63, 3.8) is 0 Å². The number of amides is 1. The van der Waals surface area contributed by atoms with Crippen LogP contribution in [0.1, 0.15) is 52.2 Å². The number of nitrogens with two attached hydrogens (primary N) is 1. The molecule has 0 radical (unpaired) electrons. The average molecular weight is 465 g/mol. The maximum atomic E-state index is 15.2. The Morgan fingerprint density at radius 3 is 2.50 bits per heavy atom. The smallest absolute Gasteiger partial charge is 0.256 e. The zero-order valence-corrected chi connectivity index (χ0v) is 19.5. The first kappa shape index (κ1) is 23.5. The molecule has 1 aromatic heterocycles. The maximum absolute atomic E-state index is 15.2. The summed E-state index contributed by atoms with van der Waals surface area (Å²) in [5.74, 6) is -1.84. The number of hydrogen-bond donors (Lipinski definition) is 2. The summed E-state index contributed by atoms with van der Waals surface area (Å²) in [6.45, 7) is 5.03. The quantitative estimate of drug-likeness (QED) is 0.434. The van der Waals surface area contributed by atoms with Crippen LogP contribution in [0, 0.1) is 18.6 Å². The SMILES string of the molecule is CN=Cc1c(-c2cc(F)c(CN3Cc4ncc(C)cc4C3=O)c(F)c2)ccc(C(C)(C)O)c1N. The molecule has 2 aromatic carbocycles. The molecule has 176 valence electrons. The number of aromatic nitrogens is 1. The highest BCUT2D eigenvalue weighted by atomic mass is 19.1. The fourth-order valence-corrected chi connectivity index (χ4v) is 4.25. The van der Waals surface area contributed by atoms with E-state index in [1.54, 1.807) is 45.3 Å². The van der Waals surface area contributed by atoms with Crippen molar-refractivity contribution in [1.29, 1.82) is 0 Å². The predicted molar refractivity (Wildman–Crippen MR) is 128 cm³/mol. The molecule has 4 rings (SSSR count). The van der Waals surface area contributed by atoms with Gasteiger partial charge in [0, 0.05) is 41.8 Å². The number of aliphatic imine (C=N–C) groups is 1. The molecule has 1 amide bonds. The highest BCUT2D eigenvalue weighted by Crippen LogP contribution is 2.36. The van der Waals surface area contributed by atoms with E-state index in [-0.39, 0.29) is 35.8 Å².